The van der Waals surface area contributed by atoms with Gasteiger partial charge in [-0.3, -0.25) is 0 Å². The number of benzene rings is 1. The molecule has 0 unspecified atom stereocenters. The molecule has 0 aromatic heterocycles. The lowest BCUT2D eigenvalue weighted by molar-refractivity contribution is -0.131. The molecule has 86 valence electrons. The van der Waals surface area contributed by atoms with Crippen LogP contribution >= 0.6 is 0 Å². The quantitative estimate of drug-likeness (QED) is 0.645. The SMILES string of the molecule is C[Si](C)(C)Oc1ccc(C=CC(=O)O)cc1. The van der Waals surface area contributed by atoms with Gasteiger partial charge in [-0.25, -0.2) is 4.79 Å². The first-order chi connectivity index (χ1) is 7.37. The average Bonchev–Trinajstić information content (AvgIpc) is 2.14. The van der Waals surface area contributed by atoms with Crippen molar-refractivity contribution in [2.75, 3.05) is 0 Å². The van der Waals surface area contributed by atoms with Crippen molar-refractivity contribution in [2.24, 2.45) is 0 Å². The van der Waals surface area contributed by atoms with E-state index in [1.807, 2.05) is 24.3 Å². The van der Waals surface area contributed by atoms with Gasteiger partial charge < -0.3 is 9.53 Å². The van der Waals surface area contributed by atoms with Crippen molar-refractivity contribution in [2.45, 2.75) is 19.6 Å². The van der Waals surface area contributed by atoms with Crippen molar-refractivity contribution in [3.8, 4) is 5.75 Å². The molecule has 0 fully saturated rings. The van der Waals surface area contributed by atoms with Crippen LogP contribution in [0.25, 0.3) is 6.08 Å². The van der Waals surface area contributed by atoms with E-state index in [1.54, 1.807) is 6.08 Å². The van der Waals surface area contributed by atoms with Gasteiger partial charge in [0.15, 0.2) is 0 Å². The summed E-state index contributed by atoms with van der Waals surface area (Å²) in [6.07, 6.45) is 2.68. The number of aliphatic carboxylic acids is 1. The van der Waals surface area contributed by atoms with E-state index in [1.165, 1.54) is 0 Å². The molecule has 1 aromatic carbocycles. The highest BCUT2D eigenvalue weighted by molar-refractivity contribution is 6.70. The van der Waals surface area contributed by atoms with E-state index >= 15 is 0 Å². The second-order valence-electron chi connectivity index (χ2n) is 4.46. The molecule has 0 aliphatic heterocycles. The molecule has 3 nitrogen and oxygen atoms in total. The Hall–Kier alpha value is -1.55. The summed E-state index contributed by atoms with van der Waals surface area (Å²) in [4.78, 5) is 10.3. The molecule has 0 atom stereocenters. The Balaban J connectivity index is 2.72. The van der Waals surface area contributed by atoms with Gasteiger partial charge in [0, 0.05) is 6.08 Å². The van der Waals surface area contributed by atoms with Gasteiger partial charge in [0.25, 0.3) is 0 Å². The van der Waals surface area contributed by atoms with E-state index in [2.05, 4.69) is 19.6 Å². The van der Waals surface area contributed by atoms with Crippen LogP contribution in [-0.4, -0.2) is 19.4 Å². The maximum absolute atomic E-state index is 10.3. The lowest BCUT2D eigenvalue weighted by Gasteiger charge is -2.18. The molecule has 0 saturated carbocycles. The van der Waals surface area contributed by atoms with Crippen molar-refractivity contribution in [1.82, 2.24) is 0 Å². The molecule has 0 spiro atoms. The first-order valence-corrected chi connectivity index (χ1v) is 8.48. The van der Waals surface area contributed by atoms with E-state index in [4.69, 9.17) is 9.53 Å². The summed E-state index contributed by atoms with van der Waals surface area (Å²) < 4.78 is 5.78. The van der Waals surface area contributed by atoms with Crippen LogP contribution in [0.3, 0.4) is 0 Å². The van der Waals surface area contributed by atoms with E-state index in [9.17, 15) is 4.79 Å². The Kier molecular flexibility index (Phi) is 3.90. The number of rotatable bonds is 4. The fraction of sp³-hybridized carbons (Fsp3) is 0.250. The molecule has 0 heterocycles. The zero-order valence-corrected chi connectivity index (χ0v) is 10.7. The summed E-state index contributed by atoms with van der Waals surface area (Å²) >= 11 is 0. The minimum atomic E-state index is -1.56. The first-order valence-electron chi connectivity index (χ1n) is 5.07. The van der Waals surface area contributed by atoms with E-state index in [-0.39, 0.29) is 0 Å². The molecule has 1 N–H and O–H groups in total. The minimum Gasteiger partial charge on any atom is -0.544 e. The lowest BCUT2D eigenvalue weighted by Crippen LogP contribution is -2.29. The number of carboxylic acid groups (broad SMARTS) is 1. The number of hydrogen-bond acceptors (Lipinski definition) is 2. The molecule has 16 heavy (non-hydrogen) atoms. The van der Waals surface area contributed by atoms with Crippen LogP contribution < -0.4 is 4.43 Å². The molecule has 1 aromatic rings. The van der Waals surface area contributed by atoms with Gasteiger partial charge >= 0.3 is 5.97 Å². The Morgan fingerprint density at radius 3 is 2.25 bits per heavy atom. The molecule has 0 bridgehead atoms. The smallest absolute Gasteiger partial charge is 0.328 e. The molecule has 0 radical (unpaired) electrons. The van der Waals surface area contributed by atoms with Crippen molar-refractivity contribution in [1.29, 1.82) is 0 Å². The molecular formula is C12H16O3Si. The fourth-order valence-corrected chi connectivity index (χ4v) is 2.01. The predicted molar refractivity (Wildman–Crippen MR) is 67.1 cm³/mol. The molecule has 4 heteroatoms. The van der Waals surface area contributed by atoms with Crippen molar-refractivity contribution in [3.05, 3.63) is 35.9 Å². The summed E-state index contributed by atoms with van der Waals surface area (Å²) in [6.45, 7) is 6.35. The molecule has 0 aliphatic rings. The number of carbonyl (C=O) groups is 1. The summed E-state index contributed by atoms with van der Waals surface area (Å²) in [6, 6.07) is 7.41. The Bertz CT molecular complexity index is 388. The van der Waals surface area contributed by atoms with Crippen molar-refractivity contribution in [3.63, 3.8) is 0 Å². The standard InChI is InChI=1S/C12H16O3Si/c1-16(2,3)15-11-7-4-10(5-8-11)6-9-12(13)14/h4-9H,1-3H3,(H,13,14). The van der Waals surface area contributed by atoms with Crippen molar-refractivity contribution < 1.29 is 14.3 Å². The fourth-order valence-electron chi connectivity index (χ4n) is 1.17. The minimum absolute atomic E-state index is 0.839. The molecule has 0 amide bonds. The van der Waals surface area contributed by atoms with E-state index in [0.29, 0.717) is 0 Å². The topological polar surface area (TPSA) is 46.5 Å². The summed E-state index contributed by atoms with van der Waals surface area (Å²) in [5.74, 6) is -0.103. The third-order valence-corrected chi connectivity index (χ3v) is 2.57. The zero-order valence-electron chi connectivity index (χ0n) is 9.73. The predicted octanol–water partition coefficient (Wildman–Crippen LogP) is 3.00. The average molecular weight is 236 g/mol. The highest BCUT2D eigenvalue weighted by Crippen LogP contribution is 2.17. The van der Waals surface area contributed by atoms with Gasteiger partial charge in [0.05, 0.1) is 0 Å². The summed E-state index contributed by atoms with van der Waals surface area (Å²) in [7, 11) is -1.56. The monoisotopic (exact) mass is 236 g/mol. The molecule has 0 saturated heterocycles. The largest absolute Gasteiger partial charge is 0.544 e. The Labute approximate surface area is 96.5 Å². The highest BCUT2D eigenvalue weighted by Gasteiger charge is 2.15. The summed E-state index contributed by atoms with van der Waals surface area (Å²) in [5.41, 5.74) is 0.852. The Morgan fingerprint density at radius 1 is 1.25 bits per heavy atom. The second kappa shape index (κ2) is 4.98. The van der Waals surface area contributed by atoms with Gasteiger partial charge in [0.2, 0.25) is 8.32 Å². The first kappa shape index (κ1) is 12.5. The van der Waals surface area contributed by atoms with Gasteiger partial charge in [-0.1, -0.05) is 12.1 Å². The maximum Gasteiger partial charge on any atom is 0.328 e. The van der Waals surface area contributed by atoms with E-state index in [0.717, 1.165) is 17.4 Å². The second-order valence-corrected chi connectivity index (χ2v) is 8.88. The van der Waals surface area contributed by atoms with Gasteiger partial charge in [-0.05, 0) is 43.4 Å². The molecule has 1 rings (SSSR count). The normalized spacial score (nSPS) is 11.7. The van der Waals surface area contributed by atoms with Crippen LogP contribution in [0.4, 0.5) is 0 Å². The van der Waals surface area contributed by atoms with Crippen LogP contribution in [0.2, 0.25) is 19.6 Å². The highest BCUT2D eigenvalue weighted by atomic mass is 28.4. The maximum atomic E-state index is 10.3. The van der Waals surface area contributed by atoms with Crippen LogP contribution in [0, 0.1) is 0 Å². The third-order valence-electron chi connectivity index (χ3n) is 1.72. The van der Waals surface area contributed by atoms with Gasteiger partial charge in [-0.2, -0.15) is 0 Å². The van der Waals surface area contributed by atoms with E-state index < -0.39 is 14.3 Å². The number of carboxylic acids is 1. The molecular weight excluding hydrogens is 220 g/mol. The van der Waals surface area contributed by atoms with Crippen molar-refractivity contribution >= 4 is 20.4 Å². The zero-order chi connectivity index (χ0) is 12.2. The van der Waals surface area contributed by atoms with Gasteiger partial charge in [-0.15, -0.1) is 0 Å². The van der Waals surface area contributed by atoms with Crippen LogP contribution in [0.1, 0.15) is 5.56 Å². The van der Waals surface area contributed by atoms with Gasteiger partial charge in [0.1, 0.15) is 5.75 Å². The third kappa shape index (κ3) is 4.79. The van der Waals surface area contributed by atoms with Crippen LogP contribution in [-0.2, 0) is 4.79 Å². The number of hydrogen-bond donors (Lipinski definition) is 1. The molecule has 0 aliphatic carbocycles. The van der Waals surface area contributed by atoms with Crippen LogP contribution in [0.15, 0.2) is 30.3 Å². The Morgan fingerprint density at radius 2 is 1.81 bits per heavy atom. The summed E-state index contributed by atoms with van der Waals surface area (Å²) in [5, 5.41) is 8.48. The lowest BCUT2D eigenvalue weighted by atomic mass is 10.2. The van der Waals surface area contributed by atoms with Crippen LogP contribution in [0.5, 0.6) is 5.75 Å².